The number of aliphatic hydroxyl groups excluding tert-OH is 1. The van der Waals surface area contributed by atoms with Crippen molar-refractivity contribution in [1.82, 2.24) is 0 Å². The Bertz CT molecular complexity index is 346. The van der Waals surface area contributed by atoms with Crippen LogP contribution in [0.5, 0.6) is 0 Å². The standard InChI is InChI=1S/C21H40O6/c1-2-3-4-5-6-7-8-9-10-11-12-13-14-15-16-26-20(23)17-25-18-21(24)27-19-22/h22H,2-19H2,1H3. The Morgan fingerprint density at radius 1 is 0.630 bits per heavy atom. The Morgan fingerprint density at radius 2 is 1.04 bits per heavy atom. The molecule has 0 heterocycles. The molecule has 1 N–H and O–H groups in total. The van der Waals surface area contributed by atoms with Crippen molar-refractivity contribution < 1.29 is 28.9 Å². The first kappa shape index (κ1) is 25.9. The van der Waals surface area contributed by atoms with Gasteiger partial charge in [-0.05, 0) is 6.42 Å². The molecule has 0 bridgehead atoms. The highest BCUT2D eigenvalue weighted by Crippen LogP contribution is 2.12. The normalized spacial score (nSPS) is 10.7. The second-order valence-corrected chi connectivity index (χ2v) is 6.95. The molecule has 0 aromatic carbocycles. The summed E-state index contributed by atoms with van der Waals surface area (Å²) in [5.41, 5.74) is 0. The minimum atomic E-state index is -0.711. The lowest BCUT2D eigenvalue weighted by molar-refractivity contribution is -0.160. The van der Waals surface area contributed by atoms with E-state index in [0.29, 0.717) is 6.61 Å². The first-order chi connectivity index (χ1) is 13.2. The van der Waals surface area contributed by atoms with Gasteiger partial charge in [0.2, 0.25) is 0 Å². The van der Waals surface area contributed by atoms with Crippen LogP contribution in [0.3, 0.4) is 0 Å². The number of rotatable bonds is 20. The Labute approximate surface area is 164 Å². The molecular formula is C21H40O6. The summed E-state index contributed by atoms with van der Waals surface area (Å²) < 4.78 is 14.1. The van der Waals surface area contributed by atoms with Gasteiger partial charge in [0.1, 0.15) is 13.2 Å². The lowest BCUT2D eigenvalue weighted by atomic mass is 10.0. The van der Waals surface area contributed by atoms with E-state index in [1.807, 2.05) is 0 Å². The van der Waals surface area contributed by atoms with E-state index in [1.54, 1.807) is 0 Å². The van der Waals surface area contributed by atoms with Crippen LogP contribution in [0.25, 0.3) is 0 Å². The average Bonchev–Trinajstić information content (AvgIpc) is 2.65. The zero-order valence-electron chi connectivity index (χ0n) is 17.2. The van der Waals surface area contributed by atoms with Crippen molar-refractivity contribution >= 4 is 11.9 Å². The fourth-order valence-electron chi connectivity index (χ4n) is 2.86. The molecule has 0 aromatic heterocycles. The lowest BCUT2D eigenvalue weighted by Crippen LogP contribution is -2.19. The van der Waals surface area contributed by atoms with E-state index < -0.39 is 18.7 Å². The summed E-state index contributed by atoms with van der Waals surface area (Å²) in [4.78, 5) is 22.2. The summed E-state index contributed by atoms with van der Waals surface area (Å²) in [5.74, 6) is -1.20. The molecule has 0 radical (unpaired) electrons. The average molecular weight is 389 g/mol. The van der Waals surface area contributed by atoms with Gasteiger partial charge in [0.25, 0.3) is 0 Å². The number of carbonyl (C=O) groups excluding carboxylic acids is 2. The van der Waals surface area contributed by atoms with E-state index in [-0.39, 0.29) is 13.2 Å². The first-order valence-electron chi connectivity index (χ1n) is 10.7. The molecule has 0 aliphatic carbocycles. The Morgan fingerprint density at radius 3 is 1.48 bits per heavy atom. The van der Waals surface area contributed by atoms with Crippen LogP contribution < -0.4 is 0 Å². The van der Waals surface area contributed by atoms with Crippen LogP contribution >= 0.6 is 0 Å². The van der Waals surface area contributed by atoms with Gasteiger partial charge in [0, 0.05) is 0 Å². The van der Waals surface area contributed by atoms with Crippen LogP contribution in [0.2, 0.25) is 0 Å². The molecule has 0 spiro atoms. The van der Waals surface area contributed by atoms with Crippen LogP contribution in [0.1, 0.15) is 96.8 Å². The smallest absolute Gasteiger partial charge is 0.334 e. The largest absolute Gasteiger partial charge is 0.464 e. The third-order valence-corrected chi connectivity index (χ3v) is 4.43. The second-order valence-electron chi connectivity index (χ2n) is 6.95. The molecule has 0 saturated heterocycles. The molecule has 160 valence electrons. The van der Waals surface area contributed by atoms with Crippen LogP contribution in [0, 0.1) is 0 Å². The van der Waals surface area contributed by atoms with Gasteiger partial charge in [-0.3, -0.25) is 0 Å². The number of carbonyl (C=O) groups is 2. The summed E-state index contributed by atoms with van der Waals surface area (Å²) in [6.07, 6.45) is 18.0. The number of unbranched alkanes of at least 4 members (excludes halogenated alkanes) is 13. The quantitative estimate of drug-likeness (QED) is 0.188. The molecule has 0 aliphatic rings. The van der Waals surface area contributed by atoms with Gasteiger partial charge in [-0.1, -0.05) is 90.4 Å². The minimum absolute atomic E-state index is 0.279. The summed E-state index contributed by atoms with van der Waals surface area (Å²) in [7, 11) is 0. The maximum absolute atomic E-state index is 11.4. The third kappa shape index (κ3) is 21.0. The van der Waals surface area contributed by atoms with Gasteiger partial charge in [0.05, 0.1) is 6.61 Å². The number of hydrogen-bond acceptors (Lipinski definition) is 6. The van der Waals surface area contributed by atoms with E-state index in [0.717, 1.165) is 12.8 Å². The highest BCUT2D eigenvalue weighted by atomic mass is 16.6. The number of esters is 2. The maximum atomic E-state index is 11.4. The second kappa shape index (κ2) is 21.2. The van der Waals surface area contributed by atoms with E-state index >= 15 is 0 Å². The Balaban J connectivity index is 3.18. The van der Waals surface area contributed by atoms with Crippen LogP contribution in [-0.2, 0) is 23.8 Å². The monoisotopic (exact) mass is 388 g/mol. The molecular weight excluding hydrogens is 348 g/mol. The zero-order valence-corrected chi connectivity index (χ0v) is 17.2. The lowest BCUT2D eigenvalue weighted by Gasteiger charge is -2.06. The van der Waals surface area contributed by atoms with E-state index in [1.165, 1.54) is 77.0 Å². The third-order valence-electron chi connectivity index (χ3n) is 4.43. The van der Waals surface area contributed by atoms with Crippen molar-refractivity contribution in [2.75, 3.05) is 26.6 Å². The fourth-order valence-corrected chi connectivity index (χ4v) is 2.86. The van der Waals surface area contributed by atoms with Crippen molar-refractivity contribution in [2.24, 2.45) is 0 Å². The Kier molecular flexibility index (Phi) is 20.3. The van der Waals surface area contributed by atoms with E-state index in [9.17, 15) is 9.59 Å². The molecule has 6 heteroatoms. The van der Waals surface area contributed by atoms with Crippen LogP contribution in [0.4, 0.5) is 0 Å². The topological polar surface area (TPSA) is 82.1 Å². The van der Waals surface area contributed by atoms with E-state index in [2.05, 4.69) is 11.7 Å². The zero-order chi connectivity index (χ0) is 20.0. The molecule has 0 rings (SSSR count). The molecule has 0 fully saturated rings. The molecule has 27 heavy (non-hydrogen) atoms. The molecule has 0 aliphatic heterocycles. The predicted octanol–water partition coefficient (Wildman–Crippen LogP) is 4.52. The molecule has 0 atom stereocenters. The molecule has 0 unspecified atom stereocenters. The number of ether oxygens (including phenoxy) is 3. The fraction of sp³-hybridized carbons (Fsp3) is 0.905. The van der Waals surface area contributed by atoms with Crippen molar-refractivity contribution in [1.29, 1.82) is 0 Å². The van der Waals surface area contributed by atoms with Crippen molar-refractivity contribution in [3.8, 4) is 0 Å². The van der Waals surface area contributed by atoms with Gasteiger partial charge >= 0.3 is 11.9 Å². The molecule has 0 saturated carbocycles. The minimum Gasteiger partial charge on any atom is -0.464 e. The number of aliphatic hydroxyl groups is 1. The van der Waals surface area contributed by atoms with Crippen molar-refractivity contribution in [3.05, 3.63) is 0 Å². The van der Waals surface area contributed by atoms with Gasteiger partial charge in [-0.2, -0.15) is 0 Å². The predicted molar refractivity (Wildman–Crippen MR) is 105 cm³/mol. The van der Waals surface area contributed by atoms with Crippen molar-refractivity contribution in [3.63, 3.8) is 0 Å². The highest BCUT2D eigenvalue weighted by Gasteiger charge is 2.06. The van der Waals surface area contributed by atoms with E-state index in [4.69, 9.17) is 14.6 Å². The SMILES string of the molecule is CCCCCCCCCCCCCCCCOC(=O)COCC(=O)OCO. The van der Waals surface area contributed by atoms with Gasteiger partial charge in [-0.25, -0.2) is 9.59 Å². The van der Waals surface area contributed by atoms with Gasteiger partial charge in [-0.15, -0.1) is 0 Å². The summed E-state index contributed by atoms with van der Waals surface area (Å²) >= 11 is 0. The summed E-state index contributed by atoms with van der Waals surface area (Å²) in [6, 6.07) is 0. The van der Waals surface area contributed by atoms with Crippen molar-refractivity contribution in [2.45, 2.75) is 96.8 Å². The molecule has 0 aromatic rings. The van der Waals surface area contributed by atoms with Crippen LogP contribution in [0.15, 0.2) is 0 Å². The molecule has 0 amide bonds. The Hall–Kier alpha value is -1.14. The van der Waals surface area contributed by atoms with Crippen LogP contribution in [-0.4, -0.2) is 43.7 Å². The first-order valence-corrected chi connectivity index (χ1v) is 10.7. The highest BCUT2D eigenvalue weighted by molar-refractivity contribution is 5.73. The maximum Gasteiger partial charge on any atom is 0.334 e. The molecule has 6 nitrogen and oxygen atoms in total. The summed E-state index contributed by atoms with van der Waals surface area (Å²) in [6.45, 7) is 1.31. The summed E-state index contributed by atoms with van der Waals surface area (Å²) in [5, 5.41) is 8.36. The van der Waals surface area contributed by atoms with Gasteiger partial charge in [0.15, 0.2) is 6.79 Å². The number of hydrogen-bond donors (Lipinski definition) is 1. The van der Waals surface area contributed by atoms with Gasteiger partial charge < -0.3 is 19.3 Å².